The molecule has 0 bridgehead atoms. The van der Waals surface area contributed by atoms with Crippen LogP contribution in [0.4, 0.5) is 5.69 Å². The second kappa shape index (κ2) is 11.1. The molecule has 8 nitrogen and oxygen atoms in total. The average Bonchev–Trinajstić information content (AvgIpc) is 2.83. The van der Waals surface area contributed by atoms with E-state index in [9.17, 15) is 19.7 Å². The van der Waals surface area contributed by atoms with Gasteiger partial charge >= 0.3 is 11.9 Å². The highest BCUT2D eigenvalue weighted by Gasteiger charge is 2.36. The van der Waals surface area contributed by atoms with Crippen LogP contribution in [0, 0.1) is 16.0 Å². The summed E-state index contributed by atoms with van der Waals surface area (Å²) in [5.41, 5.74) is 3.09. The first-order valence-electron chi connectivity index (χ1n) is 10.9. The van der Waals surface area contributed by atoms with Gasteiger partial charge in [0.2, 0.25) is 0 Å². The van der Waals surface area contributed by atoms with Crippen LogP contribution in [0.5, 0.6) is 0 Å². The van der Waals surface area contributed by atoms with E-state index in [1.165, 1.54) is 12.1 Å². The number of nitro benzene ring substituents is 1. The summed E-state index contributed by atoms with van der Waals surface area (Å²) < 4.78 is 10.6. The number of allylic oxidation sites excluding steroid dienone is 2. The normalized spacial score (nSPS) is 15.8. The fourth-order valence-electron chi connectivity index (χ4n) is 3.72. The molecule has 1 aliphatic heterocycles. The van der Waals surface area contributed by atoms with Gasteiger partial charge in [-0.1, -0.05) is 42.5 Å². The van der Waals surface area contributed by atoms with Gasteiger partial charge in [-0.3, -0.25) is 10.1 Å². The third kappa shape index (κ3) is 5.40. The minimum atomic E-state index is -0.759. The first kappa shape index (κ1) is 24.4. The Morgan fingerprint density at radius 1 is 0.971 bits per heavy atom. The Kier molecular flexibility index (Phi) is 7.97. The van der Waals surface area contributed by atoms with E-state index in [-0.39, 0.29) is 24.5 Å². The molecule has 1 N–H and O–H groups in total. The van der Waals surface area contributed by atoms with Crippen molar-refractivity contribution in [2.24, 2.45) is 5.92 Å². The van der Waals surface area contributed by atoms with Crippen LogP contribution in [0.15, 0.2) is 77.5 Å². The van der Waals surface area contributed by atoms with Crippen LogP contribution < -0.4 is 5.32 Å². The molecular formula is C26H26N2O6. The van der Waals surface area contributed by atoms with Gasteiger partial charge in [0.05, 0.1) is 35.0 Å². The molecule has 176 valence electrons. The number of dihydropyridines is 1. The van der Waals surface area contributed by atoms with Crippen LogP contribution in [0.1, 0.15) is 31.9 Å². The van der Waals surface area contributed by atoms with Gasteiger partial charge in [0.1, 0.15) is 0 Å². The number of ether oxygens (including phenoxy) is 2. The van der Waals surface area contributed by atoms with Crippen molar-refractivity contribution in [2.45, 2.75) is 20.8 Å². The van der Waals surface area contributed by atoms with Gasteiger partial charge in [0.15, 0.2) is 0 Å². The lowest BCUT2D eigenvalue weighted by Gasteiger charge is -2.30. The Labute approximate surface area is 197 Å². The van der Waals surface area contributed by atoms with Gasteiger partial charge in [-0.2, -0.15) is 0 Å². The summed E-state index contributed by atoms with van der Waals surface area (Å²) in [7, 11) is 0. The predicted octanol–water partition coefficient (Wildman–Crippen LogP) is 4.64. The molecule has 0 aromatic heterocycles. The maximum Gasteiger partial charge on any atom is 0.337 e. The molecule has 2 aromatic carbocycles. The van der Waals surface area contributed by atoms with Gasteiger partial charge in [-0.15, -0.1) is 0 Å². The molecular weight excluding hydrogens is 436 g/mol. The van der Waals surface area contributed by atoms with Gasteiger partial charge in [0.25, 0.3) is 5.69 Å². The zero-order valence-corrected chi connectivity index (χ0v) is 19.2. The lowest BCUT2D eigenvalue weighted by molar-refractivity contribution is -0.384. The molecule has 8 heteroatoms. The van der Waals surface area contributed by atoms with Gasteiger partial charge < -0.3 is 14.8 Å². The number of carbonyl (C=O) groups excluding carboxylic acids is 2. The fraction of sp³-hybridized carbons (Fsp3) is 0.231. The van der Waals surface area contributed by atoms with Gasteiger partial charge in [0, 0.05) is 23.7 Å². The number of nitrogens with zero attached hydrogens (tertiary/aromatic N) is 1. The number of carbonyl (C=O) groups is 2. The average molecular weight is 463 g/mol. The van der Waals surface area contributed by atoms with E-state index in [4.69, 9.17) is 9.47 Å². The predicted molar refractivity (Wildman–Crippen MR) is 128 cm³/mol. The lowest BCUT2D eigenvalue weighted by Crippen LogP contribution is -2.33. The van der Waals surface area contributed by atoms with Crippen LogP contribution in [-0.4, -0.2) is 30.1 Å². The number of rotatable bonds is 8. The third-order valence-electron chi connectivity index (χ3n) is 5.25. The maximum absolute atomic E-state index is 13.2. The topological polar surface area (TPSA) is 108 Å². The van der Waals surface area contributed by atoms with Crippen molar-refractivity contribution < 1.29 is 24.0 Å². The molecule has 3 rings (SSSR count). The smallest absolute Gasteiger partial charge is 0.337 e. The van der Waals surface area contributed by atoms with Crippen LogP contribution in [0.25, 0.3) is 11.8 Å². The Balaban J connectivity index is 2.15. The zero-order chi connectivity index (χ0) is 24.7. The molecule has 34 heavy (non-hydrogen) atoms. The highest BCUT2D eigenvalue weighted by atomic mass is 16.6. The second-order valence-electron chi connectivity index (χ2n) is 7.44. The number of non-ortho nitro benzene ring substituents is 1. The van der Waals surface area contributed by atoms with E-state index >= 15 is 0 Å². The minimum Gasteiger partial charge on any atom is -0.463 e. The standard InChI is InChI=1S/C26H26N2O6/c1-4-33-25(29)22-17(3)27-24(19-9-7-6-8-10-19)23(26(30)34-5-2)21(22)16-13-18-11-14-20(15-12-18)28(31)32/h6-16,21,27H,4-5H2,1-3H3/b16-13+/t21-/m1/s1. The van der Waals surface area contributed by atoms with Crippen molar-refractivity contribution in [1.82, 2.24) is 5.32 Å². The van der Waals surface area contributed by atoms with Crippen molar-refractivity contribution in [3.8, 4) is 0 Å². The van der Waals surface area contributed by atoms with Crippen LogP contribution in [0.3, 0.4) is 0 Å². The van der Waals surface area contributed by atoms with E-state index in [0.717, 1.165) is 5.56 Å². The summed E-state index contributed by atoms with van der Waals surface area (Å²) >= 11 is 0. The van der Waals surface area contributed by atoms with Gasteiger partial charge in [-0.05, 0) is 44.0 Å². The lowest BCUT2D eigenvalue weighted by atomic mass is 9.83. The largest absolute Gasteiger partial charge is 0.463 e. The Bertz CT molecular complexity index is 1160. The summed E-state index contributed by atoms with van der Waals surface area (Å²) in [5.74, 6) is -1.86. The molecule has 0 spiro atoms. The van der Waals surface area contributed by atoms with E-state index < -0.39 is 22.8 Å². The number of hydrogen-bond donors (Lipinski definition) is 1. The highest BCUT2D eigenvalue weighted by molar-refractivity contribution is 6.04. The molecule has 2 aromatic rings. The molecule has 0 amide bonds. The molecule has 0 saturated heterocycles. The number of benzene rings is 2. The molecule has 0 aliphatic carbocycles. The molecule has 1 heterocycles. The quantitative estimate of drug-likeness (QED) is 0.346. The summed E-state index contributed by atoms with van der Waals surface area (Å²) in [6.07, 6.45) is 3.43. The Hall–Kier alpha value is -4.20. The van der Waals surface area contributed by atoms with E-state index in [1.807, 2.05) is 30.3 Å². The first-order valence-corrected chi connectivity index (χ1v) is 10.9. The van der Waals surface area contributed by atoms with Crippen LogP contribution >= 0.6 is 0 Å². The Morgan fingerprint density at radius 2 is 1.56 bits per heavy atom. The second-order valence-corrected chi connectivity index (χ2v) is 7.44. The van der Waals surface area contributed by atoms with E-state index in [1.54, 1.807) is 45.1 Å². The van der Waals surface area contributed by atoms with Crippen LogP contribution in [0.2, 0.25) is 0 Å². The maximum atomic E-state index is 13.2. The molecule has 0 unspecified atom stereocenters. The van der Waals surface area contributed by atoms with E-state index in [2.05, 4.69) is 5.32 Å². The first-order chi connectivity index (χ1) is 16.4. The molecule has 1 atom stereocenters. The van der Waals surface area contributed by atoms with Crippen molar-refractivity contribution in [2.75, 3.05) is 13.2 Å². The van der Waals surface area contributed by atoms with Crippen molar-refractivity contribution in [3.05, 3.63) is 98.8 Å². The van der Waals surface area contributed by atoms with E-state index in [0.29, 0.717) is 22.5 Å². The summed E-state index contributed by atoms with van der Waals surface area (Å²) in [4.78, 5) is 36.5. The van der Waals surface area contributed by atoms with Crippen LogP contribution in [-0.2, 0) is 19.1 Å². The monoisotopic (exact) mass is 462 g/mol. The fourth-order valence-corrected chi connectivity index (χ4v) is 3.72. The number of hydrogen-bond acceptors (Lipinski definition) is 7. The molecule has 0 radical (unpaired) electrons. The zero-order valence-electron chi connectivity index (χ0n) is 19.2. The Morgan fingerprint density at radius 3 is 2.12 bits per heavy atom. The number of esters is 2. The SMILES string of the molecule is CCOC(=O)C1=C(C)NC(c2ccccc2)=C(C(=O)OCC)[C@@H]1/C=C/c1ccc([N+](=O)[O-])cc1. The number of nitrogens with one attached hydrogen (secondary N) is 1. The number of nitro groups is 1. The van der Waals surface area contributed by atoms with Crippen molar-refractivity contribution in [1.29, 1.82) is 0 Å². The summed E-state index contributed by atoms with van der Waals surface area (Å²) in [6, 6.07) is 15.3. The molecule has 0 fully saturated rings. The third-order valence-corrected chi connectivity index (χ3v) is 5.25. The minimum absolute atomic E-state index is 0.0274. The summed E-state index contributed by atoms with van der Waals surface area (Å²) in [5, 5.41) is 14.2. The van der Waals surface area contributed by atoms with Crippen molar-refractivity contribution >= 4 is 29.4 Å². The highest BCUT2D eigenvalue weighted by Crippen LogP contribution is 2.36. The van der Waals surface area contributed by atoms with Gasteiger partial charge in [-0.25, -0.2) is 9.59 Å². The summed E-state index contributed by atoms with van der Waals surface area (Å²) in [6.45, 7) is 5.53. The molecule has 0 saturated carbocycles. The molecule has 1 aliphatic rings. The van der Waals surface area contributed by atoms with Crippen molar-refractivity contribution in [3.63, 3.8) is 0 Å².